The van der Waals surface area contributed by atoms with Gasteiger partial charge in [0.15, 0.2) is 0 Å². The number of hydrogen-bond acceptors (Lipinski definition) is 2. The van der Waals surface area contributed by atoms with Crippen LogP contribution in [-0.2, 0) is 0 Å². The Bertz CT molecular complexity index is 440. The molecule has 1 aliphatic carbocycles. The van der Waals surface area contributed by atoms with E-state index in [1.165, 1.54) is 55.5 Å². The molecule has 0 bridgehead atoms. The molecule has 0 amide bonds. The van der Waals surface area contributed by atoms with Crippen molar-refractivity contribution >= 4 is 0 Å². The van der Waals surface area contributed by atoms with Crippen LogP contribution in [0.2, 0.25) is 0 Å². The minimum Gasteiger partial charge on any atom is -0.314 e. The molecule has 3 nitrogen and oxygen atoms in total. The van der Waals surface area contributed by atoms with Gasteiger partial charge in [0.2, 0.25) is 0 Å². The highest BCUT2D eigenvalue weighted by molar-refractivity contribution is 5.29. The molecule has 1 aliphatic rings. The van der Waals surface area contributed by atoms with E-state index in [2.05, 4.69) is 44.6 Å². The van der Waals surface area contributed by atoms with E-state index in [0.29, 0.717) is 18.0 Å². The summed E-state index contributed by atoms with van der Waals surface area (Å²) in [5, 5.41) is 8.47. The van der Waals surface area contributed by atoms with Crippen molar-refractivity contribution in [2.45, 2.75) is 91.1 Å². The molecule has 1 atom stereocenters. The smallest absolute Gasteiger partial charge is 0.0631 e. The normalized spacial score (nSPS) is 19.0. The lowest BCUT2D eigenvalue weighted by Gasteiger charge is -2.19. The second-order valence-electron chi connectivity index (χ2n) is 7.14. The van der Waals surface area contributed by atoms with Gasteiger partial charge in [-0.2, -0.15) is 5.10 Å². The zero-order valence-corrected chi connectivity index (χ0v) is 14.6. The number of aryl methyl sites for hydroxylation is 1. The van der Waals surface area contributed by atoms with Crippen LogP contribution in [0.4, 0.5) is 0 Å². The molecule has 1 heterocycles. The van der Waals surface area contributed by atoms with Crippen LogP contribution < -0.4 is 5.32 Å². The topological polar surface area (TPSA) is 29.9 Å². The van der Waals surface area contributed by atoms with Gasteiger partial charge in [0.1, 0.15) is 0 Å². The standard InChI is InChI=1S/C18H33N3/c1-13(2)19-12-14(3)18-15(4)20-21(16(18)5)17-10-8-6-7-9-11-17/h13-14,17,19H,6-12H2,1-5H3. The lowest BCUT2D eigenvalue weighted by molar-refractivity contribution is 0.396. The highest BCUT2D eigenvalue weighted by atomic mass is 15.3. The summed E-state index contributed by atoms with van der Waals surface area (Å²) in [4.78, 5) is 0. The van der Waals surface area contributed by atoms with Crippen molar-refractivity contribution < 1.29 is 0 Å². The summed E-state index contributed by atoms with van der Waals surface area (Å²) in [5.41, 5.74) is 4.10. The number of rotatable bonds is 5. The van der Waals surface area contributed by atoms with E-state index in [4.69, 9.17) is 5.10 Å². The summed E-state index contributed by atoms with van der Waals surface area (Å²) in [6.07, 6.45) is 8.14. The zero-order chi connectivity index (χ0) is 15.4. The summed E-state index contributed by atoms with van der Waals surface area (Å²) in [5.74, 6) is 0.534. The van der Waals surface area contributed by atoms with E-state index in [0.717, 1.165) is 6.54 Å². The first-order chi connectivity index (χ1) is 10.0. The fraction of sp³-hybridized carbons (Fsp3) is 0.833. The Morgan fingerprint density at radius 1 is 1.10 bits per heavy atom. The maximum atomic E-state index is 4.91. The fourth-order valence-electron chi connectivity index (χ4n) is 3.76. The zero-order valence-electron chi connectivity index (χ0n) is 14.6. The SMILES string of the molecule is Cc1nn(C2CCCCCC2)c(C)c1C(C)CNC(C)C. The Balaban J connectivity index is 2.16. The van der Waals surface area contributed by atoms with Crippen molar-refractivity contribution in [2.24, 2.45) is 0 Å². The number of hydrogen-bond donors (Lipinski definition) is 1. The Morgan fingerprint density at radius 3 is 2.29 bits per heavy atom. The van der Waals surface area contributed by atoms with E-state index in [-0.39, 0.29) is 0 Å². The first kappa shape index (κ1) is 16.5. The lowest BCUT2D eigenvalue weighted by Crippen LogP contribution is -2.27. The summed E-state index contributed by atoms with van der Waals surface area (Å²) >= 11 is 0. The minimum atomic E-state index is 0.534. The highest BCUT2D eigenvalue weighted by Gasteiger charge is 2.22. The predicted octanol–water partition coefficient (Wildman–Crippen LogP) is 4.50. The Labute approximate surface area is 130 Å². The molecule has 0 spiro atoms. The van der Waals surface area contributed by atoms with Crippen LogP contribution in [-0.4, -0.2) is 22.4 Å². The molecule has 1 aromatic heterocycles. The predicted molar refractivity (Wildman–Crippen MR) is 90.0 cm³/mol. The molecule has 2 rings (SSSR count). The molecule has 0 aliphatic heterocycles. The molecule has 0 aromatic carbocycles. The second-order valence-corrected chi connectivity index (χ2v) is 7.14. The van der Waals surface area contributed by atoms with E-state index in [1.54, 1.807) is 0 Å². The van der Waals surface area contributed by atoms with E-state index in [9.17, 15) is 0 Å². The maximum absolute atomic E-state index is 4.91. The van der Waals surface area contributed by atoms with E-state index in [1.807, 2.05) is 0 Å². The molecule has 1 aromatic rings. The summed E-state index contributed by atoms with van der Waals surface area (Å²) in [6.45, 7) is 12.2. The Kier molecular flexibility index (Phi) is 5.86. The average molecular weight is 291 g/mol. The lowest BCUT2D eigenvalue weighted by atomic mass is 9.98. The van der Waals surface area contributed by atoms with Crippen molar-refractivity contribution in [3.8, 4) is 0 Å². The molecule has 1 unspecified atom stereocenters. The first-order valence-corrected chi connectivity index (χ1v) is 8.79. The van der Waals surface area contributed by atoms with Crippen LogP contribution >= 0.6 is 0 Å². The molecule has 120 valence electrons. The van der Waals surface area contributed by atoms with Crippen LogP contribution in [0.5, 0.6) is 0 Å². The maximum Gasteiger partial charge on any atom is 0.0631 e. The molecule has 0 radical (unpaired) electrons. The van der Waals surface area contributed by atoms with Crippen molar-refractivity contribution in [3.63, 3.8) is 0 Å². The summed E-state index contributed by atoms with van der Waals surface area (Å²) in [7, 11) is 0. The van der Waals surface area contributed by atoms with Crippen LogP contribution in [0.1, 0.15) is 88.2 Å². The van der Waals surface area contributed by atoms with Gasteiger partial charge in [-0.3, -0.25) is 4.68 Å². The third-order valence-corrected chi connectivity index (χ3v) is 4.88. The molecular formula is C18H33N3. The molecule has 1 saturated carbocycles. The first-order valence-electron chi connectivity index (χ1n) is 8.79. The fourth-order valence-corrected chi connectivity index (χ4v) is 3.76. The van der Waals surface area contributed by atoms with Gasteiger partial charge in [0, 0.05) is 23.8 Å². The number of nitrogens with zero attached hydrogens (tertiary/aromatic N) is 2. The van der Waals surface area contributed by atoms with Crippen LogP contribution in [0.25, 0.3) is 0 Å². The Morgan fingerprint density at radius 2 is 1.71 bits per heavy atom. The second kappa shape index (κ2) is 7.44. The molecule has 21 heavy (non-hydrogen) atoms. The van der Waals surface area contributed by atoms with Gasteiger partial charge < -0.3 is 5.32 Å². The highest BCUT2D eigenvalue weighted by Crippen LogP contribution is 2.31. The number of nitrogens with one attached hydrogen (secondary N) is 1. The average Bonchev–Trinajstić information content (AvgIpc) is 2.63. The molecule has 1 N–H and O–H groups in total. The molecule has 3 heteroatoms. The van der Waals surface area contributed by atoms with Gasteiger partial charge in [-0.1, -0.05) is 46.5 Å². The molecule has 0 saturated heterocycles. The van der Waals surface area contributed by atoms with E-state index >= 15 is 0 Å². The van der Waals surface area contributed by atoms with Crippen LogP contribution in [0, 0.1) is 13.8 Å². The van der Waals surface area contributed by atoms with Crippen LogP contribution in [0.3, 0.4) is 0 Å². The third kappa shape index (κ3) is 4.09. The van der Waals surface area contributed by atoms with Gasteiger partial charge in [-0.25, -0.2) is 0 Å². The van der Waals surface area contributed by atoms with Gasteiger partial charge in [-0.15, -0.1) is 0 Å². The van der Waals surface area contributed by atoms with Crippen molar-refractivity contribution in [1.29, 1.82) is 0 Å². The summed E-state index contributed by atoms with van der Waals surface area (Å²) in [6, 6.07) is 1.18. The quantitative estimate of drug-likeness (QED) is 0.810. The minimum absolute atomic E-state index is 0.534. The largest absolute Gasteiger partial charge is 0.314 e. The van der Waals surface area contributed by atoms with Gasteiger partial charge in [-0.05, 0) is 32.6 Å². The molecular weight excluding hydrogens is 258 g/mol. The van der Waals surface area contributed by atoms with E-state index < -0.39 is 0 Å². The summed E-state index contributed by atoms with van der Waals surface area (Å²) < 4.78 is 2.35. The van der Waals surface area contributed by atoms with Crippen LogP contribution in [0.15, 0.2) is 0 Å². The van der Waals surface area contributed by atoms with Crippen molar-refractivity contribution in [3.05, 3.63) is 17.0 Å². The van der Waals surface area contributed by atoms with Crippen molar-refractivity contribution in [2.75, 3.05) is 6.54 Å². The molecule has 1 fully saturated rings. The van der Waals surface area contributed by atoms with Crippen molar-refractivity contribution in [1.82, 2.24) is 15.1 Å². The number of aromatic nitrogens is 2. The Hall–Kier alpha value is -0.830. The van der Waals surface area contributed by atoms with Gasteiger partial charge in [0.05, 0.1) is 11.7 Å². The monoisotopic (exact) mass is 291 g/mol. The third-order valence-electron chi connectivity index (χ3n) is 4.88. The van der Waals surface area contributed by atoms with Gasteiger partial charge >= 0.3 is 0 Å². The van der Waals surface area contributed by atoms with Gasteiger partial charge in [0.25, 0.3) is 0 Å².